The van der Waals surface area contributed by atoms with Gasteiger partial charge in [-0.25, -0.2) is 0 Å². The van der Waals surface area contributed by atoms with Crippen LogP contribution in [0, 0.1) is 17.8 Å². The van der Waals surface area contributed by atoms with Gasteiger partial charge in [0.1, 0.15) is 5.56 Å². The van der Waals surface area contributed by atoms with Crippen LogP contribution in [0.5, 0.6) is 51.7 Å². The van der Waals surface area contributed by atoms with Crippen molar-refractivity contribution in [2.45, 2.75) is 79.3 Å². The molecule has 2 unspecified atom stereocenters. The normalized spacial score (nSPS) is 22.3. The van der Waals surface area contributed by atoms with E-state index in [1.54, 1.807) is 0 Å². The second kappa shape index (κ2) is 18.6. The first-order valence-electron chi connectivity index (χ1n) is 22.7. The number of piperidine rings is 2. The molecule has 402 valence electrons. The fraction of sp³-hybridized carbons (Fsp3) is 0.458. The summed E-state index contributed by atoms with van der Waals surface area (Å²) >= 11 is 0. The Balaban J connectivity index is 1.00. The first-order valence-corrected chi connectivity index (χ1v) is 22.7. The van der Waals surface area contributed by atoms with E-state index in [1.807, 2.05) is 30.3 Å². The van der Waals surface area contributed by atoms with Gasteiger partial charge in [0.25, 0.3) is 29.3 Å². The fourth-order valence-corrected chi connectivity index (χ4v) is 10.6. The minimum atomic E-state index is -5.22. The molecule has 0 spiro atoms. The molecule has 2 atom stereocenters. The summed E-state index contributed by atoms with van der Waals surface area (Å²) in [5, 5.41) is 192. The van der Waals surface area contributed by atoms with Crippen LogP contribution in [0.15, 0.2) is 54.6 Å². The summed E-state index contributed by atoms with van der Waals surface area (Å²) in [7, 11) is 3.71. The third-order valence-electron chi connectivity index (χ3n) is 14.7. The molecule has 2 heterocycles. The molecule has 2 fully saturated rings. The van der Waals surface area contributed by atoms with Crippen LogP contribution in [0.4, 0.5) is 0 Å². The number of likely N-dealkylation sites (tertiary alicyclic amines) is 2. The van der Waals surface area contributed by atoms with Crippen LogP contribution in [0.3, 0.4) is 0 Å². The van der Waals surface area contributed by atoms with E-state index in [2.05, 4.69) is 4.90 Å². The van der Waals surface area contributed by atoms with Gasteiger partial charge in [-0.2, -0.15) is 0 Å². The molecule has 4 aromatic carbocycles. The van der Waals surface area contributed by atoms with Crippen LogP contribution in [-0.4, -0.2) is 184 Å². The van der Waals surface area contributed by atoms with Crippen molar-refractivity contribution in [1.82, 2.24) is 9.80 Å². The predicted molar refractivity (Wildman–Crippen MR) is 243 cm³/mol. The number of phenolic OH excluding ortho intramolecular Hbond substituents is 4. The third kappa shape index (κ3) is 8.10. The highest BCUT2D eigenvalue weighted by atomic mass is 16.7. The number of Topliss-reactive ketones (excluding diaryl/α,β-unsaturated/α-hetero) is 2. The summed E-state index contributed by atoms with van der Waals surface area (Å²) in [4.78, 5) is 27.9. The van der Waals surface area contributed by atoms with Crippen molar-refractivity contribution in [2.75, 3.05) is 41.2 Å². The molecular formula is C48H56N2O24. The quantitative estimate of drug-likeness (QED) is 0.0323. The van der Waals surface area contributed by atoms with Crippen LogP contribution >= 0.6 is 0 Å². The lowest BCUT2D eigenvalue weighted by Crippen LogP contribution is -2.95. The molecule has 8 rings (SSSR count). The number of methoxy groups -OCH3 is 3. The van der Waals surface area contributed by atoms with Crippen LogP contribution in [0.1, 0.15) is 62.2 Å². The van der Waals surface area contributed by atoms with E-state index in [0.717, 1.165) is 5.56 Å². The number of phenols is 4. The van der Waals surface area contributed by atoms with Crippen molar-refractivity contribution in [1.29, 1.82) is 0 Å². The van der Waals surface area contributed by atoms with E-state index in [0.29, 0.717) is 38.0 Å². The number of aromatic hydroxyl groups is 4. The number of ketones is 2. The van der Waals surface area contributed by atoms with Crippen LogP contribution in [0.2, 0.25) is 0 Å². The molecule has 26 nitrogen and oxygen atoms in total. The molecule has 0 saturated carbocycles. The van der Waals surface area contributed by atoms with Crippen molar-refractivity contribution in [3.8, 4) is 51.7 Å². The van der Waals surface area contributed by atoms with E-state index < -0.39 is 129 Å². The SMILES string of the molecule is COc1cc2c(cc1OC)C(=O)C(CC1(O)C(O)(O)C(O)(O)N(C(O)(O)c3c(O)c(O)c(OCOc4cc5c(cc4OC)CC(C(O)(O)C4CCN(Cc6ccccc6)CC4)C5=O)c(O)c3O)C(O)(O)C1(O)O)C2. The van der Waals surface area contributed by atoms with Crippen LogP contribution in [0.25, 0.3) is 0 Å². The second-order valence-electron chi connectivity index (χ2n) is 18.9. The summed E-state index contributed by atoms with van der Waals surface area (Å²) in [6.07, 6.45) is -1.46. The predicted octanol–water partition coefficient (Wildman–Crippen LogP) is -2.88. The number of fused-ring (bicyclic) bond motifs is 2. The number of hydrogen-bond acceptors (Lipinski definition) is 26. The molecule has 2 saturated heterocycles. The molecule has 4 aliphatic rings. The maximum absolute atomic E-state index is 13.8. The molecule has 0 bridgehead atoms. The van der Waals surface area contributed by atoms with Crippen molar-refractivity contribution in [2.24, 2.45) is 17.8 Å². The van der Waals surface area contributed by atoms with Crippen molar-refractivity contribution in [3.63, 3.8) is 0 Å². The van der Waals surface area contributed by atoms with E-state index in [9.17, 15) is 96.4 Å². The lowest BCUT2D eigenvalue weighted by Gasteiger charge is -2.64. The standard InChI is InChI=1S/C48H56N2O24/c1-70-30-15-23-13-25(35(51)27(23)17-32(30)72-3)19-42(57)45(62,63)47(66,67)50(48(68,69)46(42,64)65)44(60,61)34-37(53)39(55)41(40(56)38(34)54)74-21-73-33-18-28-24(16-31(33)71-2)14-29(36(28)52)43(58,59)26-9-11-49(12-10-26)20-22-7-5-4-6-8-22/h4-8,15-18,25-26,29,53-69H,9-14,19-21H2,1-3H3. The summed E-state index contributed by atoms with van der Waals surface area (Å²) in [5.41, 5.74) is -5.19. The Hall–Kier alpha value is -6.18. The van der Waals surface area contributed by atoms with E-state index in [-0.39, 0.29) is 46.1 Å². The molecular weight excluding hydrogens is 989 g/mol. The summed E-state index contributed by atoms with van der Waals surface area (Å²) in [5.74, 6) is -42.4. The van der Waals surface area contributed by atoms with Crippen molar-refractivity contribution < 1.29 is 120 Å². The zero-order chi connectivity index (χ0) is 54.5. The molecule has 0 amide bonds. The molecule has 0 radical (unpaired) electrons. The van der Waals surface area contributed by atoms with Crippen LogP contribution < -0.4 is 23.7 Å². The van der Waals surface area contributed by atoms with Crippen LogP contribution in [-0.2, 0) is 25.3 Å². The summed E-state index contributed by atoms with van der Waals surface area (Å²) < 4.78 is 26.5. The van der Waals surface area contributed by atoms with Gasteiger partial charge >= 0.3 is 0 Å². The average Bonchev–Trinajstić information content (AvgIpc) is 3.83. The number of benzene rings is 4. The highest BCUT2D eigenvalue weighted by Crippen LogP contribution is 2.60. The molecule has 2 aliphatic heterocycles. The fourth-order valence-electron chi connectivity index (χ4n) is 10.6. The monoisotopic (exact) mass is 1040 g/mol. The highest BCUT2D eigenvalue weighted by Gasteiger charge is 2.87. The highest BCUT2D eigenvalue weighted by molar-refractivity contribution is 6.04. The summed E-state index contributed by atoms with van der Waals surface area (Å²) in [6.45, 7) is 0.642. The Morgan fingerprint density at radius 3 is 1.65 bits per heavy atom. The van der Waals surface area contributed by atoms with E-state index in [1.165, 1.54) is 45.6 Å². The average molecular weight is 1040 g/mol. The lowest BCUT2D eigenvalue weighted by molar-refractivity contribution is -0.629. The molecule has 2 aliphatic carbocycles. The Morgan fingerprint density at radius 1 is 0.622 bits per heavy atom. The van der Waals surface area contributed by atoms with E-state index >= 15 is 0 Å². The number of ether oxygens (including phenoxy) is 5. The number of carbonyl (C=O) groups is 2. The van der Waals surface area contributed by atoms with Gasteiger partial charge in [-0.1, -0.05) is 30.3 Å². The molecule has 4 aromatic rings. The third-order valence-corrected chi connectivity index (χ3v) is 14.7. The number of aliphatic hydroxyl groups is 13. The van der Waals surface area contributed by atoms with Gasteiger partial charge in [-0.15, -0.1) is 4.90 Å². The number of nitrogens with zero attached hydrogens (tertiary/aromatic N) is 2. The summed E-state index contributed by atoms with van der Waals surface area (Å²) in [6, 6.07) is 14.8. The maximum Gasteiger partial charge on any atom is 0.294 e. The minimum Gasteiger partial charge on any atom is -0.504 e. The van der Waals surface area contributed by atoms with Gasteiger partial charge in [0.05, 0.1) is 27.2 Å². The number of hydrogen-bond donors (Lipinski definition) is 17. The molecule has 26 heteroatoms. The number of carbonyl (C=O) groups excluding carboxylic acids is 2. The zero-order valence-electron chi connectivity index (χ0n) is 39.6. The van der Waals surface area contributed by atoms with E-state index in [4.69, 9.17) is 23.7 Å². The van der Waals surface area contributed by atoms with Gasteiger partial charge < -0.3 is 110 Å². The zero-order valence-corrected chi connectivity index (χ0v) is 39.6. The maximum atomic E-state index is 13.8. The van der Waals surface area contributed by atoms with Gasteiger partial charge in [0, 0.05) is 29.5 Å². The van der Waals surface area contributed by atoms with Gasteiger partial charge in [-0.05, 0) is 86.1 Å². The van der Waals surface area contributed by atoms with Gasteiger partial charge in [0.15, 0.2) is 57.5 Å². The number of rotatable bonds is 15. The first-order chi connectivity index (χ1) is 34.5. The minimum absolute atomic E-state index is 0.0143. The Kier molecular flexibility index (Phi) is 13.6. The van der Waals surface area contributed by atoms with Gasteiger partial charge in [-0.3, -0.25) is 14.5 Å². The smallest absolute Gasteiger partial charge is 0.294 e. The Labute approximate surface area is 418 Å². The van der Waals surface area contributed by atoms with Gasteiger partial charge in [0.2, 0.25) is 24.0 Å². The molecule has 17 N–H and O–H groups in total. The Morgan fingerprint density at radius 2 is 1.11 bits per heavy atom. The lowest BCUT2D eigenvalue weighted by atomic mass is 9.69. The second-order valence-corrected chi connectivity index (χ2v) is 18.9. The molecule has 0 aromatic heterocycles. The first kappa shape index (κ1) is 54.1. The topological polar surface area (TPSA) is 431 Å². The molecule has 74 heavy (non-hydrogen) atoms. The Bertz CT molecular complexity index is 2780. The largest absolute Gasteiger partial charge is 0.504 e. The van der Waals surface area contributed by atoms with Crippen molar-refractivity contribution >= 4 is 11.6 Å². The van der Waals surface area contributed by atoms with Crippen molar-refractivity contribution in [3.05, 3.63) is 88.0 Å².